The van der Waals surface area contributed by atoms with E-state index >= 15 is 0 Å². The zero-order valence-electron chi connectivity index (χ0n) is 11.6. The van der Waals surface area contributed by atoms with Gasteiger partial charge < -0.3 is 4.74 Å². The predicted molar refractivity (Wildman–Crippen MR) is 80.9 cm³/mol. The van der Waals surface area contributed by atoms with Crippen LogP contribution >= 0.6 is 11.6 Å². The predicted octanol–water partition coefficient (Wildman–Crippen LogP) is 2.05. The second-order valence-electron chi connectivity index (χ2n) is 4.59. The summed E-state index contributed by atoms with van der Waals surface area (Å²) >= 11 is 5.66. The van der Waals surface area contributed by atoms with Crippen molar-refractivity contribution in [3.63, 3.8) is 0 Å². The van der Waals surface area contributed by atoms with Crippen molar-refractivity contribution in [2.45, 2.75) is 18.4 Å². The first-order valence-electron chi connectivity index (χ1n) is 6.18. The van der Waals surface area contributed by atoms with E-state index in [1.807, 2.05) is 0 Å². The Labute approximate surface area is 132 Å². The molecule has 2 rings (SSSR count). The molecule has 0 atom stereocenters. The highest BCUT2D eigenvalue weighted by Gasteiger charge is 2.16. The Hall–Kier alpha value is -1.96. The van der Waals surface area contributed by atoms with Crippen LogP contribution in [0.25, 0.3) is 0 Å². The number of ether oxygens (including phenoxy) is 1. The van der Waals surface area contributed by atoms with Gasteiger partial charge in [0, 0.05) is 11.8 Å². The average Bonchev–Trinajstić information content (AvgIpc) is 2.45. The Morgan fingerprint density at radius 1 is 1.32 bits per heavy atom. The molecule has 1 heterocycles. The molecule has 1 aromatic heterocycles. The Balaban J connectivity index is 2.15. The molecule has 0 fully saturated rings. The van der Waals surface area contributed by atoms with Crippen LogP contribution in [-0.2, 0) is 21.4 Å². The average molecular weight is 341 g/mol. The lowest BCUT2D eigenvalue weighted by atomic mass is 10.1. The quantitative estimate of drug-likeness (QED) is 0.678. The highest BCUT2D eigenvalue weighted by atomic mass is 35.5. The van der Waals surface area contributed by atoms with Crippen molar-refractivity contribution in [2.24, 2.45) is 5.14 Å². The van der Waals surface area contributed by atoms with E-state index in [1.165, 1.54) is 24.4 Å². The summed E-state index contributed by atoms with van der Waals surface area (Å²) in [7, 11) is -3.89. The molecule has 0 unspecified atom stereocenters. The summed E-state index contributed by atoms with van der Waals surface area (Å²) < 4.78 is 28.0. The van der Waals surface area contributed by atoms with Gasteiger partial charge in [-0.25, -0.2) is 23.3 Å². The molecule has 2 aromatic rings. The number of carbonyl (C=O) groups is 1. The second-order valence-corrected chi connectivity index (χ2v) is 6.51. The van der Waals surface area contributed by atoms with Crippen LogP contribution in [-0.4, -0.2) is 19.4 Å². The van der Waals surface area contributed by atoms with E-state index in [4.69, 9.17) is 21.5 Å². The molecule has 0 amide bonds. The zero-order valence-corrected chi connectivity index (χ0v) is 13.2. The topological polar surface area (TPSA) is 99.3 Å². The molecule has 0 aliphatic heterocycles. The van der Waals surface area contributed by atoms with Gasteiger partial charge in [-0.2, -0.15) is 0 Å². The number of hydrogen-bond acceptors (Lipinski definition) is 5. The lowest BCUT2D eigenvalue weighted by Crippen LogP contribution is -2.15. The molecule has 22 heavy (non-hydrogen) atoms. The van der Waals surface area contributed by atoms with Crippen LogP contribution in [0.3, 0.4) is 0 Å². The number of aryl methyl sites for hydroxylation is 1. The number of aromatic nitrogens is 1. The third-order valence-electron chi connectivity index (χ3n) is 2.89. The van der Waals surface area contributed by atoms with E-state index < -0.39 is 16.0 Å². The molecule has 0 aliphatic rings. The molecule has 6 nitrogen and oxygen atoms in total. The summed E-state index contributed by atoms with van der Waals surface area (Å²) in [5.41, 5.74) is 1.23. The monoisotopic (exact) mass is 340 g/mol. The number of halogens is 1. The van der Waals surface area contributed by atoms with Crippen molar-refractivity contribution in [3.8, 4) is 0 Å². The third kappa shape index (κ3) is 4.03. The van der Waals surface area contributed by atoms with Gasteiger partial charge >= 0.3 is 5.97 Å². The molecule has 2 N–H and O–H groups in total. The maximum Gasteiger partial charge on any atom is 0.338 e. The van der Waals surface area contributed by atoms with Crippen molar-refractivity contribution >= 4 is 27.6 Å². The van der Waals surface area contributed by atoms with Gasteiger partial charge in [0.15, 0.2) is 0 Å². The number of benzene rings is 1. The van der Waals surface area contributed by atoms with Crippen molar-refractivity contribution in [3.05, 3.63) is 58.4 Å². The van der Waals surface area contributed by atoms with Gasteiger partial charge in [-0.05, 0) is 30.7 Å². The van der Waals surface area contributed by atoms with E-state index in [0.717, 1.165) is 0 Å². The van der Waals surface area contributed by atoms with Crippen molar-refractivity contribution in [1.82, 2.24) is 4.98 Å². The van der Waals surface area contributed by atoms with Crippen molar-refractivity contribution in [1.29, 1.82) is 0 Å². The van der Waals surface area contributed by atoms with Crippen LogP contribution in [0.15, 0.2) is 41.4 Å². The summed E-state index contributed by atoms with van der Waals surface area (Å²) in [4.78, 5) is 15.7. The number of hydrogen-bond donors (Lipinski definition) is 1. The van der Waals surface area contributed by atoms with Gasteiger partial charge in [0.1, 0.15) is 11.8 Å². The fraction of sp³-hybridized carbons (Fsp3) is 0.143. The smallest absolute Gasteiger partial charge is 0.338 e. The van der Waals surface area contributed by atoms with Crippen LogP contribution in [0.4, 0.5) is 0 Å². The van der Waals surface area contributed by atoms with Gasteiger partial charge in [-0.1, -0.05) is 23.7 Å². The second kappa shape index (κ2) is 6.43. The summed E-state index contributed by atoms with van der Waals surface area (Å²) in [6, 6.07) is 7.43. The molecule has 0 bridgehead atoms. The maximum absolute atomic E-state index is 12.0. The normalized spacial score (nSPS) is 11.2. The number of pyridine rings is 1. The number of nitrogens with zero attached hydrogens (tertiary/aromatic N) is 1. The molecule has 116 valence electrons. The molecule has 0 spiro atoms. The van der Waals surface area contributed by atoms with E-state index in [0.29, 0.717) is 16.3 Å². The molecule has 0 radical (unpaired) electrons. The minimum absolute atomic E-state index is 0.00157. The third-order valence-corrected chi connectivity index (χ3v) is 4.17. The van der Waals surface area contributed by atoms with Gasteiger partial charge in [0.25, 0.3) is 0 Å². The molecular formula is C14H13ClN2O4S. The van der Waals surface area contributed by atoms with E-state index in [2.05, 4.69) is 4.98 Å². The first-order chi connectivity index (χ1) is 10.3. The SMILES string of the molecule is Cc1ccc(C(=O)OCc2ccc(Cl)nc2)cc1S(N)(=O)=O. The molecule has 0 saturated carbocycles. The zero-order chi connectivity index (χ0) is 16.3. The summed E-state index contributed by atoms with van der Waals surface area (Å²) in [5, 5.41) is 5.44. The van der Waals surface area contributed by atoms with Crippen LogP contribution in [0.1, 0.15) is 21.5 Å². The minimum Gasteiger partial charge on any atom is -0.457 e. The minimum atomic E-state index is -3.89. The van der Waals surface area contributed by atoms with Crippen molar-refractivity contribution < 1.29 is 17.9 Å². The molecule has 0 saturated heterocycles. The molecule has 0 aliphatic carbocycles. The lowest BCUT2D eigenvalue weighted by Gasteiger charge is -2.08. The number of sulfonamides is 1. The molecular weight excluding hydrogens is 328 g/mol. The number of rotatable bonds is 4. The Morgan fingerprint density at radius 2 is 2.05 bits per heavy atom. The highest BCUT2D eigenvalue weighted by molar-refractivity contribution is 7.89. The largest absolute Gasteiger partial charge is 0.457 e. The Kier molecular flexibility index (Phi) is 4.80. The Bertz CT molecular complexity index is 804. The van der Waals surface area contributed by atoms with Gasteiger partial charge in [-0.15, -0.1) is 0 Å². The fourth-order valence-electron chi connectivity index (χ4n) is 1.76. The first-order valence-corrected chi connectivity index (χ1v) is 8.11. The van der Waals surface area contributed by atoms with Crippen molar-refractivity contribution in [2.75, 3.05) is 0 Å². The van der Waals surface area contributed by atoms with E-state index in [9.17, 15) is 13.2 Å². The summed E-state index contributed by atoms with van der Waals surface area (Å²) in [6.45, 7) is 1.59. The highest BCUT2D eigenvalue weighted by Crippen LogP contribution is 2.17. The van der Waals surface area contributed by atoms with Gasteiger partial charge in [0.2, 0.25) is 10.0 Å². The summed E-state index contributed by atoms with van der Waals surface area (Å²) in [5.74, 6) is -0.653. The molecule has 8 heteroatoms. The Morgan fingerprint density at radius 3 is 2.64 bits per heavy atom. The number of nitrogens with two attached hydrogens (primary N) is 1. The summed E-state index contributed by atoms with van der Waals surface area (Å²) in [6.07, 6.45) is 1.49. The number of carbonyl (C=O) groups excluding carboxylic acids is 1. The molecule has 1 aromatic carbocycles. The van der Waals surface area contributed by atoms with E-state index in [1.54, 1.807) is 19.1 Å². The van der Waals surface area contributed by atoms with E-state index in [-0.39, 0.29) is 17.1 Å². The van der Waals surface area contributed by atoms with Crippen LogP contribution < -0.4 is 5.14 Å². The van der Waals surface area contributed by atoms with Crippen LogP contribution in [0.5, 0.6) is 0 Å². The lowest BCUT2D eigenvalue weighted by molar-refractivity contribution is 0.0472. The first kappa shape index (κ1) is 16.4. The van der Waals surface area contributed by atoms with Crippen LogP contribution in [0, 0.1) is 6.92 Å². The standard InChI is InChI=1S/C14H13ClN2O4S/c1-9-2-4-11(6-12(9)22(16,19)20)14(18)21-8-10-3-5-13(15)17-7-10/h2-7H,8H2,1H3,(H2,16,19,20). The van der Waals surface area contributed by atoms with Crippen LogP contribution in [0.2, 0.25) is 5.15 Å². The van der Waals surface area contributed by atoms with Gasteiger partial charge in [-0.3, -0.25) is 0 Å². The maximum atomic E-state index is 12.0. The van der Waals surface area contributed by atoms with Gasteiger partial charge in [0.05, 0.1) is 10.5 Å². The fourth-order valence-corrected chi connectivity index (χ4v) is 2.68. The number of primary sulfonamides is 1. The number of esters is 1.